The van der Waals surface area contributed by atoms with Gasteiger partial charge < -0.3 is 9.72 Å². The number of methoxy groups -OCH3 is 1. The van der Waals surface area contributed by atoms with Gasteiger partial charge in [0.25, 0.3) is 0 Å². The Balaban J connectivity index is 2.85. The molecule has 1 aromatic heterocycles. The maximum atomic E-state index is 10.4. The summed E-state index contributed by atoms with van der Waals surface area (Å²) >= 11 is 0. The van der Waals surface area contributed by atoms with E-state index < -0.39 is 0 Å². The number of nitrogens with zero attached hydrogens (tertiary/aromatic N) is 1. The molecule has 1 heterocycles. The summed E-state index contributed by atoms with van der Waals surface area (Å²) in [6.07, 6.45) is 2.17. The van der Waals surface area contributed by atoms with Crippen molar-refractivity contribution in [2.45, 2.75) is 20.0 Å². The Morgan fingerprint density at radius 1 is 1.62 bits per heavy atom. The quantitative estimate of drug-likeness (QED) is 0.719. The second kappa shape index (κ2) is 4.18. The van der Waals surface area contributed by atoms with Crippen LogP contribution in [0.25, 0.3) is 0 Å². The Labute approximate surface area is 77.3 Å². The van der Waals surface area contributed by atoms with Gasteiger partial charge in [-0.05, 0) is 5.92 Å². The van der Waals surface area contributed by atoms with E-state index in [1.165, 1.54) is 6.20 Å². The highest BCUT2D eigenvalue weighted by molar-refractivity contribution is 5.71. The van der Waals surface area contributed by atoms with Crippen molar-refractivity contribution in [3.63, 3.8) is 0 Å². The molecule has 1 unspecified atom stereocenters. The van der Waals surface area contributed by atoms with E-state index in [1.54, 1.807) is 7.11 Å². The maximum absolute atomic E-state index is 10.4. The highest BCUT2D eigenvalue weighted by atomic mass is 16.5. The van der Waals surface area contributed by atoms with Crippen LogP contribution in [0.1, 0.15) is 36.3 Å². The average molecular weight is 182 g/mol. The number of hydrogen-bond donors (Lipinski definition) is 1. The van der Waals surface area contributed by atoms with E-state index in [4.69, 9.17) is 4.74 Å². The van der Waals surface area contributed by atoms with Gasteiger partial charge in [0.2, 0.25) is 0 Å². The molecule has 0 amide bonds. The van der Waals surface area contributed by atoms with Gasteiger partial charge in [0.15, 0.2) is 6.29 Å². The van der Waals surface area contributed by atoms with Crippen LogP contribution in [0.4, 0.5) is 0 Å². The number of imidazole rings is 1. The molecule has 72 valence electrons. The Morgan fingerprint density at radius 2 is 2.31 bits per heavy atom. The van der Waals surface area contributed by atoms with E-state index in [0.717, 1.165) is 6.29 Å². The van der Waals surface area contributed by atoms with Crippen molar-refractivity contribution in [2.24, 2.45) is 5.92 Å². The normalized spacial score (nSPS) is 13.2. The third-order valence-corrected chi connectivity index (χ3v) is 1.87. The van der Waals surface area contributed by atoms with Gasteiger partial charge in [-0.15, -0.1) is 0 Å². The fraction of sp³-hybridized carbons (Fsp3) is 0.556. The Kier molecular flexibility index (Phi) is 3.19. The number of ether oxygens (including phenoxy) is 1. The molecule has 0 fully saturated rings. The first-order valence-electron chi connectivity index (χ1n) is 4.22. The molecule has 13 heavy (non-hydrogen) atoms. The number of rotatable bonds is 4. The number of carbonyl (C=O) groups excluding carboxylic acids is 1. The van der Waals surface area contributed by atoms with Crippen molar-refractivity contribution in [2.75, 3.05) is 7.11 Å². The molecule has 4 heteroatoms. The summed E-state index contributed by atoms with van der Waals surface area (Å²) in [4.78, 5) is 17.3. The lowest BCUT2D eigenvalue weighted by Gasteiger charge is -2.16. The van der Waals surface area contributed by atoms with Crippen LogP contribution in [0.15, 0.2) is 6.20 Å². The molecule has 0 aliphatic carbocycles. The van der Waals surface area contributed by atoms with Crippen LogP contribution in [-0.2, 0) is 4.74 Å². The highest BCUT2D eigenvalue weighted by Gasteiger charge is 2.17. The molecule has 1 aromatic rings. The second-order valence-electron chi connectivity index (χ2n) is 3.24. The molecule has 0 aromatic carbocycles. The van der Waals surface area contributed by atoms with Gasteiger partial charge in [-0.2, -0.15) is 0 Å². The monoisotopic (exact) mass is 182 g/mol. The molecule has 1 N–H and O–H groups in total. The number of aromatic nitrogens is 2. The number of aldehydes is 1. The van der Waals surface area contributed by atoms with Gasteiger partial charge in [-0.1, -0.05) is 13.8 Å². The number of aromatic amines is 1. The first-order chi connectivity index (χ1) is 6.19. The third kappa shape index (κ3) is 2.15. The lowest BCUT2D eigenvalue weighted by molar-refractivity contribution is 0.0581. The number of H-pyrrole nitrogens is 1. The predicted molar refractivity (Wildman–Crippen MR) is 48.6 cm³/mol. The SMILES string of the molecule is COC(c1ncc(C=O)[nH]1)C(C)C. The Hall–Kier alpha value is -1.16. The lowest BCUT2D eigenvalue weighted by atomic mass is 10.1. The van der Waals surface area contributed by atoms with Crippen LogP contribution in [0.2, 0.25) is 0 Å². The van der Waals surface area contributed by atoms with Gasteiger partial charge in [0, 0.05) is 7.11 Å². The summed E-state index contributed by atoms with van der Waals surface area (Å²) in [6, 6.07) is 0. The molecule has 0 saturated heterocycles. The summed E-state index contributed by atoms with van der Waals surface area (Å²) in [5.74, 6) is 1.04. The summed E-state index contributed by atoms with van der Waals surface area (Å²) in [5.41, 5.74) is 0.484. The van der Waals surface area contributed by atoms with Gasteiger partial charge in [0.05, 0.1) is 11.9 Å². The second-order valence-corrected chi connectivity index (χ2v) is 3.24. The molecule has 0 bridgehead atoms. The van der Waals surface area contributed by atoms with Crippen molar-refractivity contribution < 1.29 is 9.53 Å². The smallest absolute Gasteiger partial charge is 0.167 e. The zero-order chi connectivity index (χ0) is 9.84. The Bertz CT molecular complexity index is 281. The molecule has 0 saturated carbocycles. The van der Waals surface area contributed by atoms with Crippen molar-refractivity contribution in [1.82, 2.24) is 9.97 Å². The molecule has 0 radical (unpaired) electrons. The van der Waals surface area contributed by atoms with Crippen molar-refractivity contribution in [3.05, 3.63) is 17.7 Å². The topological polar surface area (TPSA) is 55.0 Å². The molecule has 0 aliphatic heterocycles. The van der Waals surface area contributed by atoms with E-state index in [1.807, 2.05) is 13.8 Å². The van der Waals surface area contributed by atoms with E-state index in [9.17, 15) is 4.79 Å². The Morgan fingerprint density at radius 3 is 2.69 bits per heavy atom. The zero-order valence-corrected chi connectivity index (χ0v) is 8.07. The lowest BCUT2D eigenvalue weighted by Crippen LogP contribution is -2.10. The van der Waals surface area contributed by atoms with E-state index >= 15 is 0 Å². The molecular formula is C9H14N2O2. The maximum Gasteiger partial charge on any atom is 0.167 e. The minimum absolute atomic E-state index is 0.0753. The minimum Gasteiger partial charge on any atom is -0.373 e. The van der Waals surface area contributed by atoms with Crippen LogP contribution in [-0.4, -0.2) is 23.4 Å². The van der Waals surface area contributed by atoms with Crippen molar-refractivity contribution >= 4 is 6.29 Å². The molecule has 1 rings (SSSR count). The summed E-state index contributed by atoms with van der Waals surface area (Å²) in [5, 5.41) is 0. The summed E-state index contributed by atoms with van der Waals surface area (Å²) in [7, 11) is 1.63. The number of carbonyl (C=O) groups is 1. The van der Waals surface area contributed by atoms with Gasteiger partial charge in [-0.3, -0.25) is 4.79 Å². The largest absolute Gasteiger partial charge is 0.373 e. The number of hydrogen-bond acceptors (Lipinski definition) is 3. The summed E-state index contributed by atoms with van der Waals surface area (Å²) < 4.78 is 5.25. The molecule has 0 aliphatic rings. The average Bonchev–Trinajstić information content (AvgIpc) is 2.53. The zero-order valence-electron chi connectivity index (χ0n) is 8.07. The highest BCUT2D eigenvalue weighted by Crippen LogP contribution is 2.21. The van der Waals surface area contributed by atoms with E-state index in [-0.39, 0.29) is 6.10 Å². The molecule has 0 spiro atoms. The van der Waals surface area contributed by atoms with Crippen molar-refractivity contribution in [3.8, 4) is 0 Å². The van der Waals surface area contributed by atoms with Gasteiger partial charge >= 0.3 is 0 Å². The molecule has 1 atom stereocenters. The molecule has 4 nitrogen and oxygen atoms in total. The van der Waals surface area contributed by atoms with Crippen LogP contribution in [0.5, 0.6) is 0 Å². The standard InChI is InChI=1S/C9H14N2O2/c1-6(2)8(13-3)9-10-4-7(5-12)11-9/h4-6,8H,1-3H3,(H,10,11). The fourth-order valence-electron chi connectivity index (χ4n) is 1.26. The summed E-state index contributed by atoms with van der Waals surface area (Å²) in [6.45, 7) is 4.08. The number of nitrogens with one attached hydrogen (secondary N) is 1. The van der Waals surface area contributed by atoms with Crippen LogP contribution in [0, 0.1) is 5.92 Å². The van der Waals surface area contributed by atoms with Crippen molar-refractivity contribution in [1.29, 1.82) is 0 Å². The van der Waals surface area contributed by atoms with Gasteiger partial charge in [-0.25, -0.2) is 4.98 Å². The molecular weight excluding hydrogens is 168 g/mol. The van der Waals surface area contributed by atoms with E-state index in [2.05, 4.69) is 9.97 Å². The van der Waals surface area contributed by atoms with Gasteiger partial charge in [0.1, 0.15) is 11.9 Å². The first-order valence-corrected chi connectivity index (χ1v) is 4.22. The third-order valence-electron chi connectivity index (χ3n) is 1.87. The van der Waals surface area contributed by atoms with Crippen LogP contribution >= 0.6 is 0 Å². The minimum atomic E-state index is -0.0753. The fourth-order valence-corrected chi connectivity index (χ4v) is 1.26. The predicted octanol–water partition coefficient (Wildman–Crippen LogP) is 1.57. The van der Waals surface area contributed by atoms with E-state index in [0.29, 0.717) is 17.4 Å². The van der Waals surface area contributed by atoms with Crippen LogP contribution < -0.4 is 0 Å². The van der Waals surface area contributed by atoms with Crippen LogP contribution in [0.3, 0.4) is 0 Å². The first kappa shape index (κ1) is 9.92.